The third kappa shape index (κ3) is 3.91. The Hall–Kier alpha value is -1.31. The van der Waals surface area contributed by atoms with E-state index in [1.54, 1.807) is 14.1 Å². The lowest BCUT2D eigenvalue weighted by Gasteiger charge is -2.36. The van der Waals surface area contributed by atoms with Crippen molar-refractivity contribution in [2.75, 3.05) is 45.2 Å². The van der Waals surface area contributed by atoms with E-state index in [-0.39, 0.29) is 6.10 Å². The molecule has 22 heavy (non-hydrogen) atoms. The van der Waals surface area contributed by atoms with Gasteiger partial charge in [0, 0.05) is 46.0 Å². The van der Waals surface area contributed by atoms with Gasteiger partial charge in [-0.05, 0) is 38.1 Å². The maximum absolute atomic E-state index is 12.1. The van der Waals surface area contributed by atoms with E-state index < -0.39 is 10.2 Å². The van der Waals surface area contributed by atoms with E-state index in [9.17, 15) is 8.42 Å². The van der Waals surface area contributed by atoms with Crippen LogP contribution in [0, 0.1) is 0 Å². The molecule has 0 aliphatic carbocycles. The van der Waals surface area contributed by atoms with Gasteiger partial charge in [-0.15, -0.1) is 0 Å². The van der Waals surface area contributed by atoms with Crippen LogP contribution in [0.15, 0.2) is 24.3 Å². The summed E-state index contributed by atoms with van der Waals surface area (Å²) < 4.78 is 32.6. The van der Waals surface area contributed by atoms with E-state index in [0.717, 1.165) is 11.4 Å². The molecular weight excluding hydrogens is 302 g/mol. The normalized spacial score (nSPS) is 17.3. The number of hydrogen-bond donors (Lipinski definition) is 0. The van der Waals surface area contributed by atoms with Gasteiger partial charge in [0.2, 0.25) is 0 Å². The van der Waals surface area contributed by atoms with Crippen LogP contribution in [-0.4, -0.2) is 63.4 Å². The third-order valence-corrected chi connectivity index (χ3v) is 5.54. The summed E-state index contributed by atoms with van der Waals surface area (Å²) in [4.78, 5) is 2.20. The summed E-state index contributed by atoms with van der Waals surface area (Å²) in [5, 5.41) is 0. The number of benzene rings is 1. The number of anilines is 1. The van der Waals surface area contributed by atoms with Crippen LogP contribution in [0.1, 0.15) is 13.8 Å². The second-order valence-electron chi connectivity index (χ2n) is 5.84. The number of ether oxygens (including phenoxy) is 1. The van der Waals surface area contributed by atoms with Gasteiger partial charge in [-0.2, -0.15) is 17.0 Å². The van der Waals surface area contributed by atoms with Crippen LogP contribution in [0.5, 0.6) is 5.75 Å². The Labute approximate surface area is 133 Å². The van der Waals surface area contributed by atoms with Crippen molar-refractivity contribution in [3.63, 3.8) is 0 Å². The maximum atomic E-state index is 12.1. The highest BCUT2D eigenvalue weighted by atomic mass is 32.2. The van der Waals surface area contributed by atoms with Gasteiger partial charge in [-0.1, -0.05) is 0 Å². The Kier molecular flexibility index (Phi) is 5.31. The van der Waals surface area contributed by atoms with Crippen LogP contribution in [-0.2, 0) is 10.2 Å². The number of hydrogen-bond acceptors (Lipinski definition) is 4. The van der Waals surface area contributed by atoms with Crippen LogP contribution in [0.3, 0.4) is 0 Å². The summed E-state index contributed by atoms with van der Waals surface area (Å²) in [7, 11) is -0.176. The molecule has 1 saturated heterocycles. The molecule has 1 aliphatic heterocycles. The van der Waals surface area contributed by atoms with Crippen LogP contribution >= 0.6 is 0 Å². The zero-order chi connectivity index (χ0) is 16.3. The van der Waals surface area contributed by atoms with Gasteiger partial charge >= 0.3 is 0 Å². The van der Waals surface area contributed by atoms with Crippen molar-refractivity contribution in [3.05, 3.63) is 24.3 Å². The molecule has 7 heteroatoms. The first kappa shape index (κ1) is 17.1. The topological polar surface area (TPSA) is 53.1 Å². The molecule has 1 aromatic carbocycles. The molecule has 0 unspecified atom stereocenters. The van der Waals surface area contributed by atoms with E-state index in [1.807, 2.05) is 38.1 Å². The van der Waals surface area contributed by atoms with Gasteiger partial charge in [0.15, 0.2) is 0 Å². The van der Waals surface area contributed by atoms with E-state index in [4.69, 9.17) is 4.74 Å². The van der Waals surface area contributed by atoms with Crippen molar-refractivity contribution in [1.82, 2.24) is 8.61 Å². The fourth-order valence-corrected chi connectivity index (χ4v) is 3.50. The first-order valence-electron chi connectivity index (χ1n) is 7.50. The number of piperazine rings is 1. The summed E-state index contributed by atoms with van der Waals surface area (Å²) >= 11 is 0. The van der Waals surface area contributed by atoms with Crippen molar-refractivity contribution < 1.29 is 13.2 Å². The summed E-state index contributed by atoms with van der Waals surface area (Å²) in [5.74, 6) is 0.854. The SMILES string of the molecule is CC(C)Oc1ccc(N2CCN(S(=O)(=O)N(C)C)CC2)cc1. The average molecular weight is 327 g/mol. The molecule has 124 valence electrons. The molecule has 0 radical (unpaired) electrons. The molecule has 0 amide bonds. The molecule has 1 fully saturated rings. The second-order valence-corrected chi connectivity index (χ2v) is 7.98. The molecule has 0 aromatic heterocycles. The molecule has 0 bridgehead atoms. The number of nitrogens with zero attached hydrogens (tertiary/aromatic N) is 3. The van der Waals surface area contributed by atoms with Crippen LogP contribution in [0.25, 0.3) is 0 Å². The fraction of sp³-hybridized carbons (Fsp3) is 0.600. The lowest BCUT2D eigenvalue weighted by molar-refractivity contribution is 0.242. The summed E-state index contributed by atoms with van der Waals surface area (Å²) in [5.41, 5.74) is 1.10. The quantitative estimate of drug-likeness (QED) is 0.820. The summed E-state index contributed by atoms with van der Waals surface area (Å²) in [6.07, 6.45) is 0.158. The standard InChI is InChI=1S/C15H25N3O3S/c1-13(2)21-15-7-5-14(6-8-15)17-9-11-18(12-10-17)22(19,20)16(3)4/h5-8,13H,9-12H2,1-4H3. The maximum Gasteiger partial charge on any atom is 0.281 e. The minimum absolute atomic E-state index is 0.158. The van der Waals surface area contributed by atoms with E-state index >= 15 is 0 Å². The molecule has 6 nitrogen and oxygen atoms in total. The number of rotatable bonds is 5. The van der Waals surface area contributed by atoms with Gasteiger partial charge < -0.3 is 9.64 Å². The van der Waals surface area contributed by atoms with Crippen LogP contribution in [0.2, 0.25) is 0 Å². The third-order valence-electron chi connectivity index (χ3n) is 3.60. The summed E-state index contributed by atoms with van der Waals surface area (Å²) in [6, 6.07) is 7.96. The summed E-state index contributed by atoms with van der Waals surface area (Å²) in [6.45, 7) is 6.39. The Balaban J connectivity index is 1.97. The van der Waals surface area contributed by atoms with Crippen LogP contribution in [0.4, 0.5) is 5.69 Å². The average Bonchev–Trinajstić information content (AvgIpc) is 2.47. The van der Waals surface area contributed by atoms with E-state index in [0.29, 0.717) is 26.2 Å². The van der Waals surface area contributed by atoms with Crippen molar-refractivity contribution >= 4 is 15.9 Å². The monoisotopic (exact) mass is 327 g/mol. The first-order valence-corrected chi connectivity index (χ1v) is 8.89. The molecular formula is C15H25N3O3S. The van der Waals surface area contributed by atoms with Crippen molar-refractivity contribution in [1.29, 1.82) is 0 Å². The highest BCUT2D eigenvalue weighted by Crippen LogP contribution is 2.22. The Morgan fingerprint density at radius 1 is 1.05 bits per heavy atom. The Bertz CT molecular complexity index is 577. The zero-order valence-electron chi connectivity index (χ0n) is 13.7. The first-order chi connectivity index (χ1) is 10.3. The Morgan fingerprint density at radius 2 is 1.59 bits per heavy atom. The zero-order valence-corrected chi connectivity index (χ0v) is 14.5. The van der Waals surface area contributed by atoms with Crippen molar-refractivity contribution in [3.8, 4) is 5.75 Å². The molecule has 0 N–H and O–H groups in total. The van der Waals surface area contributed by atoms with E-state index in [2.05, 4.69) is 4.90 Å². The second kappa shape index (κ2) is 6.85. The lowest BCUT2D eigenvalue weighted by atomic mass is 10.2. The molecule has 1 heterocycles. The van der Waals surface area contributed by atoms with Gasteiger partial charge in [-0.3, -0.25) is 0 Å². The molecule has 1 aliphatic rings. The minimum atomic E-state index is -3.31. The Morgan fingerprint density at radius 3 is 2.05 bits per heavy atom. The fourth-order valence-electron chi connectivity index (χ4n) is 2.42. The van der Waals surface area contributed by atoms with Gasteiger partial charge in [-0.25, -0.2) is 0 Å². The highest BCUT2D eigenvalue weighted by molar-refractivity contribution is 7.86. The minimum Gasteiger partial charge on any atom is -0.491 e. The predicted molar refractivity (Wildman–Crippen MR) is 88.6 cm³/mol. The largest absolute Gasteiger partial charge is 0.491 e. The van der Waals surface area contributed by atoms with E-state index in [1.165, 1.54) is 8.61 Å². The lowest BCUT2D eigenvalue weighted by Crippen LogP contribution is -2.51. The van der Waals surface area contributed by atoms with Gasteiger partial charge in [0.25, 0.3) is 10.2 Å². The molecule has 2 rings (SSSR count). The predicted octanol–water partition coefficient (Wildman–Crippen LogP) is 1.40. The molecule has 0 atom stereocenters. The van der Waals surface area contributed by atoms with Gasteiger partial charge in [0.1, 0.15) is 5.75 Å². The smallest absolute Gasteiger partial charge is 0.281 e. The van der Waals surface area contributed by atoms with Crippen molar-refractivity contribution in [2.45, 2.75) is 20.0 Å². The molecule has 0 saturated carbocycles. The molecule has 1 aromatic rings. The molecule has 0 spiro atoms. The highest BCUT2D eigenvalue weighted by Gasteiger charge is 2.28. The van der Waals surface area contributed by atoms with Crippen LogP contribution < -0.4 is 9.64 Å². The van der Waals surface area contributed by atoms with Crippen molar-refractivity contribution in [2.24, 2.45) is 0 Å². The van der Waals surface area contributed by atoms with Gasteiger partial charge in [0.05, 0.1) is 6.10 Å².